The van der Waals surface area contributed by atoms with Gasteiger partial charge in [-0.3, -0.25) is 0 Å². The maximum atomic E-state index is 4.30. The summed E-state index contributed by atoms with van der Waals surface area (Å²) in [4.78, 5) is 8.60. The smallest absolute Gasteiger partial charge is 1.00 e. The Balaban J connectivity index is 0.00000152. The number of aromatic nitrogens is 4. The summed E-state index contributed by atoms with van der Waals surface area (Å²) < 4.78 is 5.57. The molecule has 4 aromatic rings. The predicted molar refractivity (Wildman–Crippen MR) is 137 cm³/mol. The Labute approximate surface area is 233 Å². The molecule has 2 heterocycles. The number of halogens is 2. The third-order valence-electron chi connectivity index (χ3n) is 7.27. The first kappa shape index (κ1) is 27.1. The second kappa shape index (κ2) is 10.8. The first-order valence-electron chi connectivity index (χ1n) is 11.8. The van der Waals surface area contributed by atoms with Crippen LogP contribution < -0.4 is 24.8 Å². The summed E-state index contributed by atoms with van der Waals surface area (Å²) in [6, 6.07) is 13.7. The van der Waals surface area contributed by atoms with E-state index >= 15 is 0 Å². The molecular weight excluding hydrogens is 583 g/mol. The van der Waals surface area contributed by atoms with E-state index in [1.165, 1.54) is 22.5 Å². The largest absolute Gasteiger partial charge is 1.00 e. The number of benzene rings is 2. The first-order chi connectivity index (χ1) is 16.5. The molecule has 2 atom stereocenters. The molecule has 0 saturated carbocycles. The van der Waals surface area contributed by atoms with Crippen LogP contribution in [-0.4, -0.2) is 24.5 Å². The van der Waals surface area contributed by atoms with Gasteiger partial charge in [-0.2, -0.15) is 0 Å². The summed E-state index contributed by atoms with van der Waals surface area (Å²) in [5.74, 6) is 0. The van der Waals surface area contributed by atoms with Crippen LogP contribution in [0.25, 0.3) is 23.5 Å². The van der Waals surface area contributed by atoms with Crippen LogP contribution in [0.3, 0.4) is 0 Å². The average molecular weight is 611 g/mol. The summed E-state index contributed by atoms with van der Waals surface area (Å²) in [5, 5.41) is 0. The van der Waals surface area contributed by atoms with E-state index in [0.29, 0.717) is 7.25 Å². The van der Waals surface area contributed by atoms with E-state index in [1.807, 2.05) is 25.0 Å². The van der Waals surface area contributed by atoms with E-state index in [1.54, 1.807) is 22.3 Å². The Morgan fingerprint density at radius 3 is 1.53 bits per heavy atom. The summed E-state index contributed by atoms with van der Waals surface area (Å²) in [6.45, 7) is 9.92. The van der Waals surface area contributed by atoms with Gasteiger partial charge in [0.15, 0.2) is 0 Å². The molecule has 0 unspecified atom stereocenters. The van der Waals surface area contributed by atoms with Gasteiger partial charge in [0.2, 0.25) is 0 Å². The maximum absolute atomic E-state index is 4.30. The zero-order valence-electron chi connectivity index (χ0n) is 20.8. The van der Waals surface area contributed by atoms with Gasteiger partial charge in [-0.15, -0.1) is 0 Å². The normalized spacial score (nSPS) is 17.1. The molecule has 0 N–H and O–H groups in total. The van der Waals surface area contributed by atoms with E-state index < -0.39 is 25.8 Å². The Bertz CT molecular complexity index is 1390. The Morgan fingerprint density at radius 1 is 0.722 bits per heavy atom. The molecule has 36 heavy (non-hydrogen) atoms. The third kappa shape index (κ3) is 4.36. The molecular formula is C28H28Cl2N4SiZr. The second-order valence-corrected chi connectivity index (χ2v) is 27.5. The fourth-order valence-corrected chi connectivity index (χ4v) is 26.6. The molecule has 2 aliphatic rings. The van der Waals surface area contributed by atoms with Gasteiger partial charge in [0.1, 0.15) is 0 Å². The third-order valence-corrected chi connectivity index (χ3v) is 27.2. The molecule has 182 valence electrons. The van der Waals surface area contributed by atoms with E-state index in [0.717, 1.165) is 0 Å². The summed E-state index contributed by atoms with van der Waals surface area (Å²) in [7, 11) is 0. The molecule has 0 spiro atoms. The van der Waals surface area contributed by atoms with Crippen LogP contribution in [0, 0.1) is 0 Å². The number of hydrogen-bond acceptors (Lipinski definition) is 2. The Kier molecular flexibility index (Phi) is 8.11. The summed E-state index contributed by atoms with van der Waals surface area (Å²) >= 11 is -2.06. The van der Waals surface area contributed by atoms with Crippen LogP contribution in [0.1, 0.15) is 43.4 Å². The van der Waals surface area contributed by atoms with Gasteiger partial charge in [-0.05, 0) is 0 Å². The minimum atomic E-state index is -2.06. The van der Waals surface area contributed by atoms with Crippen molar-refractivity contribution in [3.05, 3.63) is 107 Å². The van der Waals surface area contributed by atoms with Crippen molar-refractivity contribution in [1.82, 2.24) is 19.1 Å². The summed E-state index contributed by atoms with van der Waals surface area (Å²) in [5.41, 5.74) is 11.1. The van der Waals surface area contributed by atoms with Crippen molar-refractivity contribution in [2.75, 3.05) is 0 Å². The van der Waals surface area contributed by atoms with E-state index in [-0.39, 0.29) is 24.8 Å². The molecule has 0 radical (unpaired) electrons. The van der Waals surface area contributed by atoms with Crippen molar-refractivity contribution in [2.24, 2.45) is 0 Å². The number of rotatable bonds is 4. The van der Waals surface area contributed by atoms with Crippen molar-refractivity contribution in [3.8, 4) is 11.4 Å². The van der Waals surface area contributed by atoms with Gasteiger partial charge in [-0.1, -0.05) is 0 Å². The first-order valence-corrected chi connectivity index (χ1v) is 20.8. The Morgan fingerprint density at radius 2 is 1.17 bits per heavy atom. The number of nitrogens with zero attached hydrogens (tertiary/aromatic N) is 4. The minimum Gasteiger partial charge on any atom is -1.00 e. The average Bonchev–Trinajstić information content (AvgIpc) is 3.61. The van der Waals surface area contributed by atoms with Crippen molar-refractivity contribution in [2.45, 2.75) is 34.2 Å². The van der Waals surface area contributed by atoms with E-state index in [9.17, 15) is 0 Å². The van der Waals surface area contributed by atoms with Gasteiger partial charge < -0.3 is 24.8 Å². The van der Waals surface area contributed by atoms with Crippen molar-refractivity contribution in [3.63, 3.8) is 0 Å². The molecule has 0 aliphatic heterocycles. The fraction of sp³-hybridized carbons (Fsp3) is 0.214. The number of imidazole rings is 2. The topological polar surface area (TPSA) is 35.6 Å². The minimum absolute atomic E-state index is 0. The van der Waals surface area contributed by atoms with Crippen LogP contribution >= 0.6 is 0 Å². The molecule has 6 rings (SSSR count). The molecule has 0 bridgehead atoms. The van der Waals surface area contributed by atoms with Gasteiger partial charge in [0.25, 0.3) is 0 Å². The molecule has 2 aromatic heterocycles. The molecule has 0 saturated heterocycles. The van der Waals surface area contributed by atoms with Crippen LogP contribution in [0.2, 0.25) is 13.1 Å². The molecule has 0 fully saturated rings. The van der Waals surface area contributed by atoms with Crippen LogP contribution in [0.5, 0.6) is 0 Å². The van der Waals surface area contributed by atoms with Crippen molar-refractivity contribution in [1.29, 1.82) is 0 Å². The molecule has 2 aliphatic carbocycles. The van der Waals surface area contributed by atoms with E-state index in [2.05, 4.69) is 107 Å². The molecule has 4 nitrogen and oxygen atoms in total. The number of hydrogen-bond donors (Lipinski definition) is 0. The summed E-state index contributed by atoms with van der Waals surface area (Å²) in [6.07, 6.45) is 16.6. The zero-order chi connectivity index (χ0) is 23.4. The molecule has 8 heteroatoms. The monoisotopic (exact) mass is 608 g/mol. The molecule has 2 aromatic carbocycles. The van der Waals surface area contributed by atoms with Gasteiger partial charge >= 0.3 is 210 Å². The number of allylic oxidation sites excluding steroid dienone is 2. The zero-order valence-corrected chi connectivity index (χ0v) is 25.8. The van der Waals surface area contributed by atoms with Gasteiger partial charge in [0, 0.05) is 0 Å². The van der Waals surface area contributed by atoms with Crippen LogP contribution in [0.4, 0.5) is 0 Å². The standard InChI is InChI=1S/2C13H11N2.C2H6Si.2ClH.Zr/c2*1-10-7-11-3-2-4-13(12(11)8-10)15-6-5-14-9-15;1-3-2;;;/h2*2-9H,1H3;1-2H3;2*1H;/q;;;;;+2/p-2. The number of fused-ring (bicyclic) bond motifs is 2. The second-order valence-electron chi connectivity index (χ2n) is 9.60. The van der Waals surface area contributed by atoms with Crippen LogP contribution in [-0.2, 0) is 20.4 Å². The van der Waals surface area contributed by atoms with E-state index in [4.69, 9.17) is 0 Å². The molecule has 0 amide bonds. The maximum Gasteiger partial charge on any atom is -1.00 e. The van der Waals surface area contributed by atoms with Crippen LogP contribution in [0.15, 0.2) is 85.0 Å². The van der Waals surface area contributed by atoms with Crippen molar-refractivity contribution >= 4 is 17.6 Å². The Hall–Kier alpha value is -1.98. The van der Waals surface area contributed by atoms with Gasteiger partial charge in [-0.25, -0.2) is 0 Å². The fourth-order valence-electron chi connectivity index (χ4n) is 5.89. The van der Waals surface area contributed by atoms with Crippen molar-refractivity contribution < 1.29 is 45.2 Å². The SMILES string of the molecule is CC1=Cc2c(cccc2-n2ccnc2)[C@@H]1[Zr+2]([C@H]1C(C)=Cc2c1cccc2-n1ccnc1)=[Si](C)C.[Cl-].[Cl-]. The predicted octanol–water partition coefficient (Wildman–Crippen LogP) is 0.552. The van der Waals surface area contributed by atoms with Gasteiger partial charge in [0.05, 0.1) is 0 Å². The quantitative estimate of drug-likeness (QED) is 0.317.